The van der Waals surface area contributed by atoms with E-state index in [2.05, 4.69) is 70.6 Å². The molecule has 0 aromatic heterocycles. The van der Waals surface area contributed by atoms with E-state index in [1.54, 1.807) is 0 Å². The molecule has 0 aliphatic heterocycles. The van der Waals surface area contributed by atoms with Crippen LogP contribution in [0.2, 0.25) is 69.4 Å². The molecule has 0 rings (SSSR count). The van der Waals surface area contributed by atoms with Crippen molar-refractivity contribution in [1.82, 2.24) is 0 Å². The van der Waals surface area contributed by atoms with Crippen LogP contribution in [0.3, 0.4) is 0 Å². The Morgan fingerprint density at radius 1 is 0.955 bits per heavy atom. The first-order valence-electron chi connectivity index (χ1n) is 7.76. The van der Waals surface area contributed by atoms with Gasteiger partial charge in [-0.3, -0.25) is 9.45 Å². The molecular weight excluding hydrogens is 359 g/mol. The van der Waals surface area contributed by atoms with Gasteiger partial charge in [0.05, 0.1) is 0 Å². The van der Waals surface area contributed by atoms with Gasteiger partial charge >= 0.3 is 0 Å². The second-order valence-electron chi connectivity index (χ2n) is 9.12. The smallest absolute Gasteiger partial charge is 0.289 e. The van der Waals surface area contributed by atoms with Crippen molar-refractivity contribution in [3.8, 4) is 0 Å². The number of thiocarbonyl (C=S) groups is 1. The molecule has 0 aliphatic rings. The lowest BCUT2D eigenvalue weighted by atomic mass is 10.9. The Balaban J connectivity index is 6.92. The number of hydrogen-bond acceptors (Lipinski definition) is 4. The van der Waals surface area contributed by atoms with Gasteiger partial charge in [-0.05, 0) is 38.4 Å². The summed E-state index contributed by atoms with van der Waals surface area (Å²) in [5.41, 5.74) is 0. The molecule has 0 fully saturated rings. The molecule has 3 nitrogen and oxygen atoms in total. The van der Waals surface area contributed by atoms with Crippen molar-refractivity contribution < 1.29 is 9.22 Å². The molecule has 0 atom stereocenters. The standard InChI is InChI=1S/C14H33NO2SSi4/c1-13(16)17-22(10,11)14(19(2,3)4,20(5,6)7)21(8,9)15-12-18/h1-11H3. The SMILES string of the molecule is CC(=O)O[Si](C)(C)C([Si](C)(C)C)([Si](C)(C)C)[Si](C)(C)N=C=S. The molecule has 0 heterocycles. The summed E-state index contributed by atoms with van der Waals surface area (Å²) >= 11 is 4.98. The first kappa shape index (κ1) is 22.1. The van der Waals surface area contributed by atoms with Gasteiger partial charge in [-0.1, -0.05) is 39.3 Å². The van der Waals surface area contributed by atoms with Crippen molar-refractivity contribution in [3.05, 3.63) is 0 Å². The summed E-state index contributed by atoms with van der Waals surface area (Å²) in [4.78, 5) is 11.8. The van der Waals surface area contributed by atoms with Gasteiger partial charge in [0.1, 0.15) is 0 Å². The third-order valence-electron chi connectivity index (χ3n) is 4.79. The summed E-state index contributed by atoms with van der Waals surface area (Å²) in [6, 6.07) is 0. The fourth-order valence-corrected chi connectivity index (χ4v) is 53.1. The predicted octanol–water partition coefficient (Wildman–Crippen LogP) is 5.10. The van der Waals surface area contributed by atoms with Crippen LogP contribution in [0.1, 0.15) is 6.92 Å². The Labute approximate surface area is 146 Å². The summed E-state index contributed by atoms with van der Waals surface area (Å²) in [6.07, 6.45) is 0. The van der Waals surface area contributed by atoms with Crippen molar-refractivity contribution in [3.63, 3.8) is 0 Å². The average Bonchev–Trinajstić information content (AvgIpc) is 2.07. The highest BCUT2D eigenvalue weighted by Crippen LogP contribution is 2.60. The van der Waals surface area contributed by atoms with E-state index >= 15 is 0 Å². The monoisotopic (exact) mass is 391 g/mol. The molecule has 0 radical (unpaired) electrons. The summed E-state index contributed by atoms with van der Waals surface area (Å²) in [7, 11) is -7.91. The van der Waals surface area contributed by atoms with Crippen LogP contribution in [0.25, 0.3) is 0 Å². The van der Waals surface area contributed by atoms with Gasteiger partial charge in [-0.25, -0.2) is 0 Å². The van der Waals surface area contributed by atoms with Crippen molar-refractivity contribution >= 4 is 56.0 Å². The van der Waals surface area contributed by atoms with Gasteiger partial charge in [0.15, 0.2) is 8.24 Å². The normalized spacial score (nSPS) is 14.3. The minimum atomic E-state index is -2.33. The third-order valence-corrected chi connectivity index (χ3v) is 39.1. The minimum absolute atomic E-state index is 0.0669. The minimum Gasteiger partial charge on any atom is -0.520 e. The Hall–Kier alpha value is 0.138. The van der Waals surface area contributed by atoms with E-state index < -0.39 is 32.7 Å². The zero-order valence-corrected chi connectivity index (χ0v) is 21.0. The molecule has 128 valence electrons. The average molecular weight is 392 g/mol. The highest BCUT2D eigenvalue weighted by molar-refractivity contribution is 7.78. The zero-order chi connectivity index (χ0) is 18.2. The molecule has 0 saturated heterocycles. The van der Waals surface area contributed by atoms with E-state index in [1.165, 1.54) is 6.92 Å². The number of carbonyl (C=O) groups excluding carboxylic acids is 1. The fraction of sp³-hybridized carbons (Fsp3) is 0.857. The molecule has 0 spiro atoms. The highest BCUT2D eigenvalue weighted by Gasteiger charge is 2.72. The molecule has 0 saturated carbocycles. The number of carbonyl (C=O) groups is 1. The fourth-order valence-electron chi connectivity index (χ4n) is 6.14. The zero-order valence-electron chi connectivity index (χ0n) is 16.2. The molecule has 8 heteroatoms. The van der Waals surface area contributed by atoms with E-state index in [-0.39, 0.29) is 9.88 Å². The number of hydrogen-bond donors (Lipinski definition) is 0. The number of isothiocyanates is 1. The maximum absolute atomic E-state index is 11.8. The second kappa shape index (κ2) is 6.56. The Kier molecular flexibility index (Phi) is 6.60. The molecule has 0 amide bonds. The van der Waals surface area contributed by atoms with Gasteiger partial charge in [-0.15, -0.1) is 0 Å². The molecule has 0 aliphatic carbocycles. The third kappa shape index (κ3) is 3.62. The first-order chi connectivity index (χ1) is 9.48. The second-order valence-corrected chi connectivity index (χ2v) is 30.9. The van der Waals surface area contributed by atoms with Crippen LogP contribution in [-0.2, 0) is 9.22 Å². The molecule has 0 aromatic carbocycles. The summed E-state index contributed by atoms with van der Waals surface area (Å²) in [6.45, 7) is 25.0. The molecule has 0 aromatic rings. The van der Waals surface area contributed by atoms with Gasteiger partial charge < -0.3 is 4.43 Å². The lowest BCUT2D eigenvalue weighted by Crippen LogP contribution is -2.77. The molecule has 0 N–H and O–H groups in total. The lowest BCUT2D eigenvalue weighted by molar-refractivity contribution is -0.132. The quantitative estimate of drug-likeness (QED) is 0.359. The van der Waals surface area contributed by atoms with E-state index in [0.717, 1.165) is 0 Å². The Morgan fingerprint density at radius 3 is 1.55 bits per heavy atom. The predicted molar refractivity (Wildman–Crippen MR) is 111 cm³/mol. The molecular formula is C14H33NO2SSi4. The van der Waals surface area contributed by atoms with Gasteiger partial charge in [0.2, 0.25) is 8.32 Å². The van der Waals surface area contributed by atoms with Crippen LogP contribution in [0.5, 0.6) is 0 Å². The van der Waals surface area contributed by atoms with Gasteiger partial charge in [0.25, 0.3) is 5.97 Å². The van der Waals surface area contributed by atoms with Crippen molar-refractivity contribution in [2.75, 3.05) is 0 Å². The summed E-state index contributed by atoms with van der Waals surface area (Å²) in [5, 5.41) is 2.68. The maximum Gasteiger partial charge on any atom is 0.289 e. The maximum atomic E-state index is 11.8. The van der Waals surface area contributed by atoms with Crippen LogP contribution < -0.4 is 0 Å². The largest absolute Gasteiger partial charge is 0.520 e. The molecule has 0 unspecified atom stereocenters. The number of rotatable bonds is 6. The van der Waals surface area contributed by atoms with E-state index in [9.17, 15) is 4.79 Å². The van der Waals surface area contributed by atoms with Gasteiger partial charge in [0, 0.05) is 32.1 Å². The Morgan fingerprint density at radius 2 is 1.32 bits per heavy atom. The van der Waals surface area contributed by atoms with Crippen LogP contribution in [0.4, 0.5) is 0 Å². The van der Waals surface area contributed by atoms with Crippen LogP contribution >= 0.6 is 12.2 Å². The Bertz CT molecular complexity index is 472. The number of nitrogens with zero attached hydrogens (tertiary/aromatic N) is 1. The highest BCUT2D eigenvalue weighted by atomic mass is 32.1. The van der Waals surface area contributed by atoms with Crippen molar-refractivity contribution in [1.29, 1.82) is 0 Å². The molecule has 0 bridgehead atoms. The first-order valence-corrected chi connectivity index (χ1v) is 21.0. The summed E-state index contributed by atoms with van der Waals surface area (Å²) < 4.78 is 10.9. The molecule has 22 heavy (non-hydrogen) atoms. The summed E-state index contributed by atoms with van der Waals surface area (Å²) in [5.74, 6) is -0.159. The van der Waals surface area contributed by atoms with Crippen LogP contribution in [0, 0.1) is 0 Å². The van der Waals surface area contributed by atoms with Crippen molar-refractivity contribution in [2.24, 2.45) is 4.66 Å². The lowest BCUT2D eigenvalue weighted by Gasteiger charge is -2.62. The van der Waals surface area contributed by atoms with Crippen LogP contribution in [0.15, 0.2) is 4.66 Å². The van der Waals surface area contributed by atoms with Crippen molar-refractivity contribution in [2.45, 2.75) is 76.3 Å². The van der Waals surface area contributed by atoms with E-state index in [0.29, 0.717) is 0 Å². The topological polar surface area (TPSA) is 38.7 Å². The van der Waals surface area contributed by atoms with Crippen LogP contribution in [-0.4, -0.2) is 43.8 Å². The van der Waals surface area contributed by atoms with Gasteiger partial charge in [-0.2, -0.15) is 0 Å². The van der Waals surface area contributed by atoms with E-state index in [4.69, 9.17) is 21.3 Å². The van der Waals surface area contributed by atoms with E-state index in [1.807, 2.05) is 0 Å².